The largest absolute Gasteiger partial charge is 0.450 e. The summed E-state index contributed by atoms with van der Waals surface area (Å²) in [5, 5.41) is 6.76. The molecule has 2 saturated heterocycles. The summed E-state index contributed by atoms with van der Waals surface area (Å²) in [7, 11) is 0. The van der Waals surface area contributed by atoms with Crippen LogP contribution in [0.1, 0.15) is 73.4 Å². The van der Waals surface area contributed by atoms with E-state index in [2.05, 4.69) is 10.6 Å². The third-order valence-electron chi connectivity index (χ3n) is 11.2. The van der Waals surface area contributed by atoms with Crippen LogP contribution in [0.4, 0.5) is 0 Å². The van der Waals surface area contributed by atoms with E-state index in [1.54, 1.807) is 24.3 Å². The van der Waals surface area contributed by atoms with Crippen molar-refractivity contribution in [1.29, 1.82) is 0 Å². The molecule has 0 atom stereocenters. The third kappa shape index (κ3) is 7.83. The van der Waals surface area contributed by atoms with Gasteiger partial charge in [0.05, 0.1) is 11.1 Å². The number of carbonyl (C=O) groups excluding carboxylic acids is 3. The Morgan fingerprint density at radius 1 is 0.375 bits per heavy atom. The van der Waals surface area contributed by atoms with Crippen LogP contribution in [0.2, 0.25) is 0 Å². The number of benzene rings is 6. The Hall–Kier alpha value is -6.15. The molecule has 0 aliphatic carbocycles. The van der Waals surface area contributed by atoms with E-state index < -0.39 is 17.2 Å². The molecular formula is C49H44N2O5. The molecule has 0 bridgehead atoms. The molecule has 280 valence electrons. The van der Waals surface area contributed by atoms with Gasteiger partial charge in [-0.15, -0.1) is 0 Å². The van der Waals surface area contributed by atoms with Gasteiger partial charge < -0.3 is 20.1 Å². The topological polar surface area (TPSA) is 93.7 Å². The molecule has 7 nitrogen and oxygen atoms in total. The Kier molecular flexibility index (Phi) is 10.7. The lowest BCUT2D eigenvalue weighted by molar-refractivity contribution is -0.0386. The number of nitrogens with one attached hydrogen (secondary N) is 2. The second kappa shape index (κ2) is 16.3. The van der Waals surface area contributed by atoms with E-state index in [0.717, 1.165) is 59.6 Å². The fourth-order valence-electron chi connectivity index (χ4n) is 7.91. The van der Waals surface area contributed by atoms with Crippen LogP contribution in [-0.2, 0) is 20.7 Å². The van der Waals surface area contributed by atoms with Crippen LogP contribution in [0.15, 0.2) is 158 Å². The first kappa shape index (κ1) is 36.8. The van der Waals surface area contributed by atoms with Crippen LogP contribution >= 0.6 is 0 Å². The molecule has 8 rings (SSSR count). The fraction of sp³-hybridized carbons (Fsp3) is 0.204. The van der Waals surface area contributed by atoms with E-state index >= 15 is 0 Å². The second-order valence-electron chi connectivity index (χ2n) is 14.6. The summed E-state index contributed by atoms with van der Waals surface area (Å²) in [4.78, 5) is 40.3. The van der Waals surface area contributed by atoms with E-state index in [4.69, 9.17) is 9.47 Å². The van der Waals surface area contributed by atoms with Gasteiger partial charge in [0.1, 0.15) is 11.2 Å². The van der Waals surface area contributed by atoms with Gasteiger partial charge in [-0.3, -0.25) is 4.79 Å². The summed E-state index contributed by atoms with van der Waals surface area (Å²) >= 11 is 0. The molecule has 0 unspecified atom stereocenters. The molecule has 6 aromatic carbocycles. The van der Waals surface area contributed by atoms with Crippen LogP contribution in [0.25, 0.3) is 22.3 Å². The lowest BCUT2D eigenvalue weighted by Crippen LogP contribution is -2.43. The van der Waals surface area contributed by atoms with E-state index in [-0.39, 0.29) is 11.8 Å². The summed E-state index contributed by atoms with van der Waals surface area (Å²) in [6.07, 6.45) is 2.73. The van der Waals surface area contributed by atoms with Crippen molar-refractivity contribution in [1.82, 2.24) is 10.6 Å². The fourth-order valence-corrected chi connectivity index (χ4v) is 7.91. The first-order valence-electron chi connectivity index (χ1n) is 19.4. The smallest absolute Gasteiger partial charge is 0.339 e. The van der Waals surface area contributed by atoms with Crippen LogP contribution in [-0.4, -0.2) is 43.9 Å². The average molecular weight is 741 g/mol. The minimum atomic E-state index is -0.738. The number of rotatable bonds is 10. The van der Waals surface area contributed by atoms with Crippen molar-refractivity contribution in [3.05, 3.63) is 191 Å². The van der Waals surface area contributed by atoms with E-state index in [1.807, 2.05) is 133 Å². The Balaban J connectivity index is 0.927. The average Bonchev–Trinajstić information content (AvgIpc) is 3.27. The van der Waals surface area contributed by atoms with Crippen LogP contribution in [0.3, 0.4) is 0 Å². The predicted octanol–water partition coefficient (Wildman–Crippen LogP) is 9.12. The Labute approximate surface area is 327 Å². The summed E-state index contributed by atoms with van der Waals surface area (Å²) in [5.74, 6) is -0.863. The highest BCUT2D eigenvalue weighted by Gasteiger charge is 2.39. The normalized spacial score (nSPS) is 16.0. The Morgan fingerprint density at radius 3 is 1.14 bits per heavy atom. The first-order valence-corrected chi connectivity index (χ1v) is 19.4. The van der Waals surface area contributed by atoms with Crippen LogP contribution < -0.4 is 10.6 Å². The van der Waals surface area contributed by atoms with Crippen molar-refractivity contribution in [3.63, 3.8) is 0 Å². The summed E-state index contributed by atoms with van der Waals surface area (Å²) in [5.41, 5.74) is 6.61. The van der Waals surface area contributed by atoms with Gasteiger partial charge >= 0.3 is 11.9 Å². The maximum Gasteiger partial charge on any atom is 0.339 e. The molecule has 2 aliphatic rings. The van der Waals surface area contributed by atoms with Crippen molar-refractivity contribution in [2.45, 2.75) is 36.9 Å². The number of ketones is 1. The summed E-state index contributed by atoms with van der Waals surface area (Å²) in [6, 6.07) is 50.0. The minimum Gasteiger partial charge on any atom is -0.450 e. The molecule has 0 amide bonds. The van der Waals surface area contributed by atoms with Crippen molar-refractivity contribution in [3.8, 4) is 22.3 Å². The highest BCUT2D eigenvalue weighted by molar-refractivity contribution is 6.09. The molecular weight excluding hydrogens is 697 g/mol. The van der Waals surface area contributed by atoms with Crippen molar-refractivity contribution in [2.75, 3.05) is 26.2 Å². The summed E-state index contributed by atoms with van der Waals surface area (Å²) in [6.45, 7) is 3.03. The molecule has 2 heterocycles. The zero-order valence-corrected chi connectivity index (χ0v) is 31.2. The molecule has 2 N–H and O–H groups in total. The number of hydrogen-bond donors (Lipinski definition) is 2. The number of piperidine rings is 2. The maximum absolute atomic E-state index is 13.5. The number of esters is 2. The maximum atomic E-state index is 13.5. The highest BCUT2D eigenvalue weighted by Crippen LogP contribution is 2.38. The molecule has 0 radical (unpaired) electrons. The van der Waals surface area contributed by atoms with Gasteiger partial charge in [-0.05, 0) is 83.8 Å². The Bertz CT molecular complexity index is 2280. The van der Waals surface area contributed by atoms with Crippen LogP contribution in [0.5, 0.6) is 0 Å². The van der Waals surface area contributed by atoms with Gasteiger partial charge in [-0.2, -0.15) is 0 Å². The van der Waals surface area contributed by atoms with E-state index in [9.17, 15) is 14.4 Å². The first-order chi connectivity index (χ1) is 27.4. The van der Waals surface area contributed by atoms with Gasteiger partial charge in [-0.1, -0.05) is 133 Å². The number of carbonyl (C=O) groups is 3. The zero-order chi connectivity index (χ0) is 38.4. The lowest BCUT2D eigenvalue weighted by Gasteiger charge is -2.37. The molecule has 0 saturated carbocycles. The van der Waals surface area contributed by atoms with Gasteiger partial charge in [0.15, 0.2) is 5.78 Å². The molecule has 0 spiro atoms. The SMILES string of the molecule is O=C(OC1(c2ccccc2)CCNCC1)c1ccc(C(=O)c2ccc(-c3ccc(C4(OC(=O)c5ccc(-c6ccccc6)cc5)CCNCC4)cc3)cc2)cc1. The van der Waals surface area contributed by atoms with Crippen molar-refractivity contribution in [2.24, 2.45) is 0 Å². The standard InChI is InChI=1S/C49H44N2O5/c52-45(40-17-21-42(22-18-40)47(54)55-48(27-31-50-32-28-48)43-9-5-2-6-10-43)39-15-11-37(12-16-39)38-23-25-44(26-24-38)49(29-33-51-34-30-49)56-46(53)41-19-13-36(14-20-41)35-7-3-1-4-8-35/h1-26,50-51H,27-34H2. The third-order valence-corrected chi connectivity index (χ3v) is 11.2. The van der Waals surface area contributed by atoms with Gasteiger partial charge in [0.2, 0.25) is 0 Å². The quantitative estimate of drug-likeness (QED) is 0.107. The van der Waals surface area contributed by atoms with E-state index in [1.165, 1.54) is 0 Å². The number of ether oxygens (including phenoxy) is 2. The summed E-state index contributed by atoms with van der Waals surface area (Å²) < 4.78 is 12.6. The van der Waals surface area contributed by atoms with Gasteiger partial charge in [-0.25, -0.2) is 9.59 Å². The molecule has 0 aromatic heterocycles. The van der Waals surface area contributed by atoms with Gasteiger partial charge in [0.25, 0.3) is 0 Å². The van der Waals surface area contributed by atoms with Crippen molar-refractivity contribution >= 4 is 17.7 Å². The molecule has 2 aliphatic heterocycles. The monoisotopic (exact) mass is 740 g/mol. The second-order valence-corrected chi connectivity index (χ2v) is 14.6. The zero-order valence-electron chi connectivity index (χ0n) is 31.2. The number of hydrogen-bond acceptors (Lipinski definition) is 7. The lowest BCUT2D eigenvalue weighted by atomic mass is 9.84. The minimum absolute atomic E-state index is 0.129. The Morgan fingerprint density at radius 2 is 0.696 bits per heavy atom. The molecule has 7 heteroatoms. The van der Waals surface area contributed by atoms with Crippen LogP contribution in [0, 0.1) is 0 Å². The van der Waals surface area contributed by atoms with Gasteiger partial charge in [0, 0.05) is 36.8 Å². The predicted molar refractivity (Wildman–Crippen MR) is 218 cm³/mol. The molecule has 6 aromatic rings. The van der Waals surface area contributed by atoms with E-state index in [0.29, 0.717) is 47.9 Å². The van der Waals surface area contributed by atoms with Crippen molar-refractivity contribution < 1.29 is 23.9 Å². The highest BCUT2D eigenvalue weighted by atomic mass is 16.6. The molecule has 56 heavy (non-hydrogen) atoms. The molecule has 2 fully saturated rings.